The van der Waals surface area contributed by atoms with Crippen molar-refractivity contribution in [2.45, 2.75) is 6.92 Å². The van der Waals surface area contributed by atoms with E-state index in [2.05, 4.69) is 9.99 Å². The number of rotatable bonds is 8. The van der Waals surface area contributed by atoms with Crippen molar-refractivity contribution >= 4 is 28.7 Å². The predicted molar refractivity (Wildman–Crippen MR) is 102 cm³/mol. The molecule has 0 saturated heterocycles. The highest BCUT2D eigenvalue weighted by Gasteiger charge is 2.13. The molecule has 9 nitrogen and oxygen atoms in total. The molecule has 0 aliphatic rings. The summed E-state index contributed by atoms with van der Waals surface area (Å²) in [5.41, 5.74) is 2.01. The number of methoxy groups -OCH3 is 1. The van der Waals surface area contributed by atoms with E-state index >= 15 is 0 Å². The maximum absolute atomic E-state index is 10.9. The number of nitriles is 1. The number of nitrogens with zero attached hydrogens (tertiary/aromatic N) is 4. The number of hydrogen-bond acceptors (Lipinski definition) is 8. The minimum absolute atomic E-state index is 0.00568. The molecule has 0 aliphatic heterocycles. The van der Waals surface area contributed by atoms with E-state index < -0.39 is 10.9 Å². The minimum Gasteiger partial charge on any atom is -0.383 e. The van der Waals surface area contributed by atoms with E-state index in [1.807, 2.05) is 11.0 Å². The van der Waals surface area contributed by atoms with Crippen LogP contribution in [-0.4, -0.2) is 36.9 Å². The smallest absolute Gasteiger partial charge is 0.332 e. The molecule has 0 radical (unpaired) electrons. The van der Waals surface area contributed by atoms with E-state index in [1.54, 1.807) is 43.5 Å². The Hall–Kier alpha value is -3.77. The molecule has 0 heterocycles. The number of nitro benzene ring substituents is 1. The summed E-state index contributed by atoms with van der Waals surface area (Å²) in [6.07, 6.45) is 0. The Morgan fingerprint density at radius 2 is 1.75 bits per heavy atom. The van der Waals surface area contributed by atoms with E-state index in [4.69, 9.17) is 4.74 Å². The van der Waals surface area contributed by atoms with Crippen molar-refractivity contribution in [3.05, 3.63) is 64.2 Å². The monoisotopic (exact) mass is 382 g/mol. The van der Waals surface area contributed by atoms with E-state index in [0.717, 1.165) is 11.4 Å². The second-order valence-corrected chi connectivity index (χ2v) is 5.60. The van der Waals surface area contributed by atoms with Crippen LogP contribution in [0.4, 0.5) is 17.1 Å². The third kappa shape index (κ3) is 5.36. The topological polar surface area (TPSA) is 118 Å². The second kappa shape index (κ2) is 9.80. The first-order chi connectivity index (χ1) is 13.5. The Balaban J connectivity index is 2.31. The van der Waals surface area contributed by atoms with Gasteiger partial charge in [0.25, 0.3) is 5.69 Å². The summed E-state index contributed by atoms with van der Waals surface area (Å²) >= 11 is 0. The van der Waals surface area contributed by atoms with Crippen LogP contribution in [0.5, 0.6) is 0 Å². The average Bonchev–Trinajstić information content (AvgIpc) is 2.70. The average molecular weight is 382 g/mol. The van der Waals surface area contributed by atoms with Crippen LogP contribution in [0.2, 0.25) is 0 Å². The molecule has 0 N–H and O–H groups in total. The Kier molecular flexibility index (Phi) is 7.19. The summed E-state index contributed by atoms with van der Waals surface area (Å²) in [4.78, 5) is 27.7. The number of benzene rings is 2. The molecule has 2 aromatic rings. The van der Waals surface area contributed by atoms with Gasteiger partial charge in [-0.15, -0.1) is 0 Å². The maximum Gasteiger partial charge on any atom is 0.332 e. The Morgan fingerprint density at radius 3 is 2.21 bits per heavy atom. The van der Waals surface area contributed by atoms with Crippen LogP contribution in [0.1, 0.15) is 12.5 Å². The van der Waals surface area contributed by atoms with Gasteiger partial charge in [0, 0.05) is 49.6 Å². The van der Waals surface area contributed by atoms with Gasteiger partial charge in [0.05, 0.1) is 11.5 Å². The highest BCUT2D eigenvalue weighted by molar-refractivity contribution is 6.11. The molecule has 0 amide bonds. The van der Waals surface area contributed by atoms with Gasteiger partial charge in [0.1, 0.15) is 6.07 Å². The normalized spacial score (nSPS) is 10.8. The zero-order chi connectivity index (χ0) is 20.5. The van der Waals surface area contributed by atoms with Crippen molar-refractivity contribution in [2.75, 3.05) is 25.2 Å². The summed E-state index contributed by atoms with van der Waals surface area (Å²) < 4.78 is 5.15. The van der Waals surface area contributed by atoms with Crippen molar-refractivity contribution in [1.82, 2.24) is 0 Å². The molecule has 0 spiro atoms. The molecule has 0 aromatic heterocycles. The predicted octanol–water partition coefficient (Wildman–Crippen LogP) is 3.17. The van der Waals surface area contributed by atoms with Crippen molar-refractivity contribution in [3.63, 3.8) is 0 Å². The molecular formula is C19H18N4O5. The van der Waals surface area contributed by atoms with E-state index in [0.29, 0.717) is 18.7 Å². The van der Waals surface area contributed by atoms with Gasteiger partial charge in [-0.2, -0.15) is 5.26 Å². The van der Waals surface area contributed by atoms with Crippen LogP contribution in [0.15, 0.2) is 53.7 Å². The van der Waals surface area contributed by atoms with Gasteiger partial charge in [0.2, 0.25) is 0 Å². The number of non-ortho nitro benzene ring substituents is 1. The van der Waals surface area contributed by atoms with Crippen LogP contribution < -0.4 is 4.90 Å². The van der Waals surface area contributed by atoms with E-state index in [9.17, 15) is 20.2 Å². The zero-order valence-corrected chi connectivity index (χ0v) is 15.4. The fraction of sp³-hybridized carbons (Fsp3) is 0.211. The summed E-state index contributed by atoms with van der Waals surface area (Å²) in [6.45, 7) is 2.15. The van der Waals surface area contributed by atoms with Crippen molar-refractivity contribution in [3.8, 4) is 6.07 Å². The zero-order valence-electron chi connectivity index (χ0n) is 15.4. The second-order valence-electron chi connectivity index (χ2n) is 5.60. The number of ether oxygens (including phenoxy) is 1. The van der Waals surface area contributed by atoms with Gasteiger partial charge in [-0.25, -0.2) is 4.79 Å². The lowest BCUT2D eigenvalue weighted by atomic mass is 10.1. The fourth-order valence-electron chi connectivity index (χ4n) is 2.39. The molecule has 0 saturated carbocycles. The third-order valence-electron chi connectivity index (χ3n) is 3.72. The summed E-state index contributed by atoms with van der Waals surface area (Å²) in [6, 6.07) is 14.9. The van der Waals surface area contributed by atoms with Crippen molar-refractivity contribution in [2.24, 2.45) is 5.16 Å². The summed E-state index contributed by atoms with van der Waals surface area (Å²) in [5, 5.41) is 23.6. The lowest BCUT2D eigenvalue weighted by Gasteiger charge is -2.24. The molecule has 2 rings (SSSR count). The van der Waals surface area contributed by atoms with Crippen LogP contribution in [0, 0.1) is 21.4 Å². The molecule has 0 fully saturated rings. The van der Waals surface area contributed by atoms with Gasteiger partial charge >= 0.3 is 5.97 Å². The molecule has 2 aromatic carbocycles. The van der Waals surface area contributed by atoms with Gasteiger partial charge in [-0.05, 0) is 36.4 Å². The fourth-order valence-corrected chi connectivity index (χ4v) is 2.39. The minimum atomic E-state index is -0.617. The lowest BCUT2D eigenvalue weighted by molar-refractivity contribution is -0.384. The van der Waals surface area contributed by atoms with Gasteiger partial charge < -0.3 is 14.5 Å². The molecule has 144 valence electrons. The standard InChI is InChI=1S/C19H18N4O5/c1-14(24)28-21-19(13-20)15-3-5-16(6-4-15)22(11-12-27-2)17-7-9-18(10-8-17)23(25)26/h3-10H,11-12H2,1-2H3. The molecular weight excluding hydrogens is 364 g/mol. The number of oxime groups is 1. The molecule has 9 heteroatoms. The van der Waals surface area contributed by atoms with E-state index in [-0.39, 0.29) is 11.4 Å². The lowest BCUT2D eigenvalue weighted by Crippen LogP contribution is -2.22. The number of carbonyl (C=O) groups excluding carboxylic acids is 1. The van der Waals surface area contributed by atoms with Crippen molar-refractivity contribution in [1.29, 1.82) is 5.26 Å². The van der Waals surface area contributed by atoms with Crippen molar-refractivity contribution < 1.29 is 19.3 Å². The first-order valence-corrected chi connectivity index (χ1v) is 8.23. The Bertz CT molecular complexity index is 901. The van der Waals surface area contributed by atoms with Crippen LogP contribution in [-0.2, 0) is 14.4 Å². The van der Waals surface area contributed by atoms with Gasteiger partial charge in [-0.3, -0.25) is 10.1 Å². The Morgan fingerprint density at radius 1 is 1.18 bits per heavy atom. The third-order valence-corrected chi connectivity index (χ3v) is 3.72. The summed E-state index contributed by atoms with van der Waals surface area (Å²) in [7, 11) is 1.59. The van der Waals surface area contributed by atoms with Gasteiger partial charge in [0.15, 0.2) is 5.71 Å². The molecule has 0 atom stereocenters. The highest BCUT2D eigenvalue weighted by atomic mass is 16.7. The number of anilines is 2. The Labute approximate surface area is 161 Å². The largest absolute Gasteiger partial charge is 0.383 e. The molecule has 0 bridgehead atoms. The number of hydrogen-bond donors (Lipinski definition) is 0. The van der Waals surface area contributed by atoms with Crippen LogP contribution in [0.3, 0.4) is 0 Å². The first kappa shape index (κ1) is 20.5. The molecule has 28 heavy (non-hydrogen) atoms. The van der Waals surface area contributed by atoms with E-state index in [1.165, 1.54) is 19.1 Å². The van der Waals surface area contributed by atoms with Gasteiger partial charge in [-0.1, -0.05) is 5.16 Å². The maximum atomic E-state index is 10.9. The SMILES string of the molecule is COCCN(c1ccc(C(C#N)=NOC(C)=O)cc1)c1ccc([N+](=O)[O-])cc1. The number of nitro groups is 1. The molecule has 0 aliphatic carbocycles. The number of carbonyl (C=O) groups is 1. The molecule has 0 unspecified atom stereocenters. The van der Waals surface area contributed by atoms with Crippen LogP contribution in [0.25, 0.3) is 0 Å². The quantitative estimate of drug-likeness (QED) is 0.298. The highest BCUT2D eigenvalue weighted by Crippen LogP contribution is 2.27. The first-order valence-electron chi connectivity index (χ1n) is 8.23. The van der Waals surface area contributed by atoms with Crippen LogP contribution >= 0.6 is 0 Å². The summed E-state index contributed by atoms with van der Waals surface area (Å²) in [5.74, 6) is -0.617.